The highest BCUT2D eigenvalue weighted by molar-refractivity contribution is 7.09. The fourth-order valence-electron chi connectivity index (χ4n) is 3.27. The number of thiazole rings is 1. The summed E-state index contributed by atoms with van der Waals surface area (Å²) in [4.78, 5) is 15.2. The smallest absolute Gasteiger partial charge is 0.258 e. The Morgan fingerprint density at radius 2 is 2.09 bits per heavy atom. The molecule has 0 amide bonds. The molecule has 2 atom stereocenters. The number of hydrogen-bond acceptors (Lipinski definition) is 4. The molecule has 1 aromatic carbocycles. The first-order valence-corrected chi connectivity index (χ1v) is 8.65. The van der Waals surface area contributed by atoms with E-state index in [0.29, 0.717) is 5.92 Å². The van der Waals surface area contributed by atoms with Crippen LogP contribution < -0.4 is 0 Å². The lowest BCUT2D eigenvalue weighted by molar-refractivity contribution is -0.384. The number of non-ortho nitro benzene ring substituents is 1. The molecule has 4 nitrogen and oxygen atoms in total. The summed E-state index contributed by atoms with van der Waals surface area (Å²) in [5.74, 6) is 0.679. The van der Waals surface area contributed by atoms with Gasteiger partial charge in [0, 0.05) is 22.9 Å². The molecule has 0 bridgehead atoms. The summed E-state index contributed by atoms with van der Waals surface area (Å²) in [5, 5.41) is 14.2. The average molecular weight is 316 g/mol. The van der Waals surface area contributed by atoms with Crippen molar-refractivity contribution in [3.05, 3.63) is 56.0 Å². The van der Waals surface area contributed by atoms with Crippen molar-refractivity contribution in [2.24, 2.45) is 5.92 Å². The molecule has 5 heteroatoms. The number of nitro groups is 1. The van der Waals surface area contributed by atoms with Gasteiger partial charge in [-0.1, -0.05) is 32.4 Å². The van der Waals surface area contributed by atoms with E-state index in [1.807, 2.05) is 12.1 Å². The van der Waals surface area contributed by atoms with E-state index in [1.165, 1.54) is 17.1 Å². The van der Waals surface area contributed by atoms with E-state index in [4.69, 9.17) is 4.98 Å². The van der Waals surface area contributed by atoms with Gasteiger partial charge in [0.1, 0.15) is 0 Å². The summed E-state index contributed by atoms with van der Waals surface area (Å²) < 4.78 is 0. The summed E-state index contributed by atoms with van der Waals surface area (Å²) in [7, 11) is 0. The van der Waals surface area contributed by atoms with Gasteiger partial charge in [-0.05, 0) is 30.7 Å². The monoisotopic (exact) mass is 316 g/mol. The van der Waals surface area contributed by atoms with Crippen LogP contribution in [0.2, 0.25) is 0 Å². The summed E-state index contributed by atoms with van der Waals surface area (Å²) in [6.07, 6.45) is 4.24. The Kier molecular flexibility index (Phi) is 4.00. The molecule has 1 aliphatic rings. The van der Waals surface area contributed by atoms with Gasteiger partial charge in [0.2, 0.25) is 0 Å². The van der Waals surface area contributed by atoms with Gasteiger partial charge in [0.15, 0.2) is 0 Å². The Bertz CT molecular complexity index is 680. The molecule has 1 aliphatic carbocycles. The predicted molar refractivity (Wildman–Crippen MR) is 88.4 cm³/mol. The first kappa shape index (κ1) is 15.2. The molecule has 1 aromatic heterocycles. The minimum Gasteiger partial charge on any atom is -0.258 e. The SMILES string of the molecule is CCc1csc(C2(Cc3ccc([N+](=O)[O-])cc3)CC2CC)n1. The van der Waals surface area contributed by atoms with Crippen molar-refractivity contribution in [1.82, 2.24) is 4.98 Å². The largest absolute Gasteiger partial charge is 0.269 e. The summed E-state index contributed by atoms with van der Waals surface area (Å²) in [5.41, 5.74) is 2.64. The van der Waals surface area contributed by atoms with Gasteiger partial charge in [-0.3, -0.25) is 10.1 Å². The van der Waals surface area contributed by atoms with Crippen LogP contribution in [0.1, 0.15) is 43.0 Å². The number of benzene rings is 1. The van der Waals surface area contributed by atoms with Crippen molar-refractivity contribution in [3.8, 4) is 0 Å². The molecule has 22 heavy (non-hydrogen) atoms. The zero-order valence-corrected chi connectivity index (χ0v) is 13.7. The van der Waals surface area contributed by atoms with Crippen molar-refractivity contribution in [2.45, 2.75) is 44.9 Å². The Morgan fingerprint density at radius 1 is 1.36 bits per heavy atom. The Morgan fingerprint density at radius 3 is 2.59 bits per heavy atom. The number of nitrogens with zero attached hydrogens (tertiary/aromatic N) is 2. The van der Waals surface area contributed by atoms with Crippen LogP contribution in [-0.4, -0.2) is 9.91 Å². The highest BCUT2D eigenvalue weighted by Crippen LogP contribution is 2.58. The number of nitro benzene ring substituents is 1. The predicted octanol–water partition coefficient (Wildman–Crippen LogP) is 4.52. The highest BCUT2D eigenvalue weighted by atomic mass is 32.1. The highest BCUT2D eigenvalue weighted by Gasteiger charge is 2.55. The molecule has 1 fully saturated rings. The molecule has 1 heterocycles. The molecule has 1 saturated carbocycles. The molecular formula is C17H20N2O2S. The van der Waals surface area contributed by atoms with E-state index in [1.54, 1.807) is 23.5 Å². The molecule has 0 radical (unpaired) electrons. The molecular weight excluding hydrogens is 296 g/mol. The van der Waals surface area contributed by atoms with Gasteiger partial charge >= 0.3 is 0 Å². The fraction of sp³-hybridized carbons (Fsp3) is 0.471. The lowest BCUT2D eigenvalue weighted by Crippen LogP contribution is -2.14. The van der Waals surface area contributed by atoms with Gasteiger partial charge < -0.3 is 0 Å². The third-order valence-electron chi connectivity index (χ3n) is 4.73. The van der Waals surface area contributed by atoms with Crippen molar-refractivity contribution >= 4 is 17.0 Å². The molecule has 116 valence electrons. The van der Waals surface area contributed by atoms with Crippen LogP contribution >= 0.6 is 11.3 Å². The van der Waals surface area contributed by atoms with Gasteiger partial charge in [-0.15, -0.1) is 11.3 Å². The second-order valence-electron chi connectivity index (χ2n) is 6.06. The first-order chi connectivity index (χ1) is 10.6. The lowest BCUT2D eigenvalue weighted by atomic mass is 9.93. The van der Waals surface area contributed by atoms with E-state index in [9.17, 15) is 10.1 Å². The molecule has 0 aliphatic heterocycles. The molecule has 0 saturated heterocycles. The van der Waals surface area contributed by atoms with E-state index in [-0.39, 0.29) is 16.0 Å². The van der Waals surface area contributed by atoms with Crippen LogP contribution in [0.5, 0.6) is 0 Å². The van der Waals surface area contributed by atoms with Crippen molar-refractivity contribution < 1.29 is 4.92 Å². The van der Waals surface area contributed by atoms with Crippen LogP contribution in [0.25, 0.3) is 0 Å². The summed E-state index contributed by atoms with van der Waals surface area (Å²) in [6.45, 7) is 4.36. The third kappa shape index (κ3) is 2.65. The van der Waals surface area contributed by atoms with E-state index in [0.717, 1.165) is 24.8 Å². The van der Waals surface area contributed by atoms with Crippen molar-refractivity contribution in [2.75, 3.05) is 0 Å². The summed E-state index contributed by atoms with van der Waals surface area (Å²) in [6, 6.07) is 6.98. The van der Waals surface area contributed by atoms with E-state index in [2.05, 4.69) is 19.2 Å². The number of hydrogen-bond donors (Lipinski definition) is 0. The zero-order valence-electron chi connectivity index (χ0n) is 12.9. The minimum absolute atomic E-state index is 0.156. The maximum atomic E-state index is 10.8. The van der Waals surface area contributed by atoms with Crippen molar-refractivity contribution in [1.29, 1.82) is 0 Å². The quantitative estimate of drug-likeness (QED) is 0.581. The van der Waals surface area contributed by atoms with Crippen LogP contribution in [0.3, 0.4) is 0 Å². The topological polar surface area (TPSA) is 56.0 Å². The zero-order chi connectivity index (χ0) is 15.7. The Balaban J connectivity index is 1.84. The molecule has 0 spiro atoms. The van der Waals surface area contributed by atoms with Crippen LogP contribution in [0, 0.1) is 16.0 Å². The number of rotatable bonds is 6. The van der Waals surface area contributed by atoms with Gasteiger partial charge in [0.05, 0.1) is 15.6 Å². The molecule has 0 N–H and O–H groups in total. The Labute approximate surface area is 134 Å². The normalized spacial score (nSPS) is 23.5. The van der Waals surface area contributed by atoms with E-state index < -0.39 is 0 Å². The average Bonchev–Trinajstić information content (AvgIpc) is 3.02. The van der Waals surface area contributed by atoms with Crippen LogP contribution in [0.15, 0.2) is 29.6 Å². The molecule has 2 aromatic rings. The second kappa shape index (κ2) is 5.80. The van der Waals surface area contributed by atoms with Gasteiger partial charge in [-0.2, -0.15) is 0 Å². The van der Waals surface area contributed by atoms with Gasteiger partial charge in [0.25, 0.3) is 5.69 Å². The fourth-order valence-corrected chi connectivity index (χ4v) is 4.46. The van der Waals surface area contributed by atoms with Gasteiger partial charge in [-0.25, -0.2) is 4.98 Å². The second-order valence-corrected chi connectivity index (χ2v) is 6.92. The maximum Gasteiger partial charge on any atom is 0.269 e. The first-order valence-electron chi connectivity index (χ1n) is 7.77. The Hall–Kier alpha value is -1.75. The number of aromatic nitrogens is 1. The van der Waals surface area contributed by atoms with Crippen LogP contribution in [0.4, 0.5) is 5.69 Å². The minimum atomic E-state index is -0.347. The maximum absolute atomic E-state index is 10.8. The number of aryl methyl sites for hydroxylation is 1. The standard InChI is InChI=1S/C17H20N2O2S/c1-3-13-10-17(13,16-18-14(4-2)11-22-16)9-12-5-7-15(8-6-12)19(20)21/h5-8,11,13H,3-4,9-10H2,1-2H3. The third-order valence-corrected chi connectivity index (χ3v) is 5.84. The molecule has 3 rings (SSSR count). The lowest BCUT2D eigenvalue weighted by Gasteiger charge is -2.14. The van der Waals surface area contributed by atoms with Crippen molar-refractivity contribution in [3.63, 3.8) is 0 Å². The summed E-state index contributed by atoms with van der Waals surface area (Å²) >= 11 is 1.77. The molecule has 2 unspecified atom stereocenters. The van der Waals surface area contributed by atoms with E-state index >= 15 is 0 Å². The van der Waals surface area contributed by atoms with Crippen LogP contribution in [-0.2, 0) is 18.3 Å².